The van der Waals surface area contributed by atoms with Gasteiger partial charge in [0.15, 0.2) is 0 Å². The zero-order valence-electron chi connectivity index (χ0n) is 12.0. The van der Waals surface area contributed by atoms with Crippen molar-refractivity contribution in [2.24, 2.45) is 0 Å². The number of ether oxygens (including phenoxy) is 1. The zero-order valence-corrected chi connectivity index (χ0v) is 14.5. The Kier molecular flexibility index (Phi) is 9.33. The van der Waals surface area contributed by atoms with Crippen molar-refractivity contribution in [1.29, 1.82) is 0 Å². The maximum Gasteiger partial charge on any atom is 0.220 e. The number of hydrogen-bond acceptors (Lipinski definition) is 5. The Labute approximate surface area is 144 Å². The van der Waals surface area contributed by atoms with Crippen molar-refractivity contribution in [3.05, 3.63) is 17.7 Å². The summed E-state index contributed by atoms with van der Waals surface area (Å²) in [5, 5.41) is 6.72. The number of pyridine rings is 1. The summed E-state index contributed by atoms with van der Waals surface area (Å²) in [6.07, 6.45) is 0.178. The second-order valence-corrected chi connectivity index (χ2v) is 4.93. The molecule has 1 atom stereocenters. The summed E-state index contributed by atoms with van der Waals surface area (Å²) < 4.78 is 5.87. The van der Waals surface area contributed by atoms with Gasteiger partial charge < -0.3 is 20.3 Å². The van der Waals surface area contributed by atoms with Crippen LogP contribution in [0.2, 0.25) is 0 Å². The first-order valence-corrected chi connectivity index (χ1v) is 6.66. The minimum absolute atomic E-state index is 0. The number of nitrogens with one attached hydrogen (secondary N) is 2. The van der Waals surface area contributed by atoms with Gasteiger partial charge in [-0.3, -0.25) is 0 Å². The second-order valence-electron chi connectivity index (χ2n) is 4.93. The number of hydrogen-bond donors (Lipinski definition) is 2. The summed E-state index contributed by atoms with van der Waals surface area (Å²) in [5.41, 5.74) is 1.15. The van der Waals surface area contributed by atoms with Crippen molar-refractivity contribution in [2.45, 2.75) is 19.6 Å². The number of halogens is 3. The van der Waals surface area contributed by atoms with E-state index in [1.54, 1.807) is 0 Å². The fraction of sp³-hybridized carbons (Fsp3) is 0.615. The zero-order chi connectivity index (χ0) is 12.4. The van der Waals surface area contributed by atoms with E-state index in [0.717, 1.165) is 56.5 Å². The van der Waals surface area contributed by atoms with Crippen LogP contribution in [0.4, 0.5) is 5.82 Å². The standard InChI is InChI=1S/C13H20N4O.3ClH/c1-10-8-15-9-11-2-3-12(16-13(11)18-10)17-6-4-14-5-7-17;;;/h2-3,10,14-15H,4-9H2,1H3;3*1H. The Bertz CT molecular complexity index is 430. The highest BCUT2D eigenvalue weighted by molar-refractivity contribution is 5.86. The molecule has 8 heteroatoms. The van der Waals surface area contributed by atoms with Crippen molar-refractivity contribution >= 4 is 43.0 Å². The smallest absolute Gasteiger partial charge is 0.220 e. The van der Waals surface area contributed by atoms with Crippen LogP contribution in [-0.2, 0) is 6.54 Å². The SMILES string of the molecule is CC1CNCc2ccc(N3CCNCC3)nc2O1.Cl.Cl.Cl. The van der Waals surface area contributed by atoms with Crippen molar-refractivity contribution < 1.29 is 4.74 Å². The van der Waals surface area contributed by atoms with Crippen molar-refractivity contribution in [3.8, 4) is 5.88 Å². The highest BCUT2D eigenvalue weighted by Gasteiger charge is 2.18. The highest BCUT2D eigenvalue weighted by atomic mass is 35.5. The lowest BCUT2D eigenvalue weighted by molar-refractivity contribution is 0.218. The van der Waals surface area contributed by atoms with Crippen molar-refractivity contribution in [1.82, 2.24) is 15.6 Å². The molecule has 0 spiro atoms. The van der Waals surface area contributed by atoms with Gasteiger partial charge in [-0.15, -0.1) is 37.2 Å². The first-order valence-electron chi connectivity index (χ1n) is 6.66. The molecule has 1 unspecified atom stereocenters. The number of rotatable bonds is 1. The lowest BCUT2D eigenvalue weighted by Gasteiger charge is -2.28. The molecule has 3 heterocycles. The summed E-state index contributed by atoms with van der Waals surface area (Å²) in [6.45, 7) is 7.86. The van der Waals surface area contributed by atoms with Gasteiger partial charge >= 0.3 is 0 Å². The maximum absolute atomic E-state index is 5.87. The van der Waals surface area contributed by atoms with Crippen LogP contribution in [0.5, 0.6) is 5.88 Å². The van der Waals surface area contributed by atoms with E-state index >= 15 is 0 Å². The third-order valence-corrected chi connectivity index (χ3v) is 3.43. The molecule has 2 aliphatic rings. The van der Waals surface area contributed by atoms with Gasteiger partial charge in [0, 0.05) is 44.8 Å². The molecule has 1 fully saturated rings. The number of aromatic nitrogens is 1. The van der Waals surface area contributed by atoms with Gasteiger partial charge in [-0.2, -0.15) is 4.98 Å². The molecule has 1 saturated heterocycles. The van der Waals surface area contributed by atoms with Gasteiger partial charge in [-0.1, -0.05) is 0 Å². The van der Waals surface area contributed by atoms with Crippen LogP contribution in [-0.4, -0.2) is 43.8 Å². The largest absolute Gasteiger partial charge is 0.473 e. The molecule has 0 radical (unpaired) electrons. The number of nitrogens with zero attached hydrogens (tertiary/aromatic N) is 2. The predicted octanol–water partition coefficient (Wildman–Crippen LogP) is 1.63. The molecule has 1 aromatic heterocycles. The van der Waals surface area contributed by atoms with Crippen LogP contribution >= 0.6 is 37.2 Å². The molecule has 2 N–H and O–H groups in total. The lowest BCUT2D eigenvalue weighted by atomic mass is 10.2. The number of fused-ring (bicyclic) bond motifs is 1. The molecule has 21 heavy (non-hydrogen) atoms. The van der Waals surface area contributed by atoms with E-state index in [2.05, 4.69) is 39.6 Å². The second kappa shape index (κ2) is 9.54. The van der Waals surface area contributed by atoms with Gasteiger partial charge in [0.1, 0.15) is 11.9 Å². The molecular weight excluding hydrogens is 335 g/mol. The molecule has 1 aromatic rings. The monoisotopic (exact) mass is 356 g/mol. The number of anilines is 1. The molecule has 122 valence electrons. The Morgan fingerprint density at radius 3 is 2.57 bits per heavy atom. The van der Waals surface area contributed by atoms with E-state index in [4.69, 9.17) is 4.74 Å². The van der Waals surface area contributed by atoms with Crippen molar-refractivity contribution in [3.63, 3.8) is 0 Å². The molecule has 0 saturated carbocycles. The topological polar surface area (TPSA) is 49.4 Å². The van der Waals surface area contributed by atoms with Gasteiger partial charge in [0.25, 0.3) is 0 Å². The van der Waals surface area contributed by atoms with Crippen LogP contribution in [0.25, 0.3) is 0 Å². The number of piperazine rings is 1. The Morgan fingerprint density at radius 1 is 1.14 bits per heavy atom. The predicted molar refractivity (Wildman–Crippen MR) is 92.9 cm³/mol. The molecule has 0 aliphatic carbocycles. The molecule has 0 aromatic carbocycles. The molecule has 2 aliphatic heterocycles. The highest BCUT2D eigenvalue weighted by Crippen LogP contribution is 2.23. The fourth-order valence-electron chi connectivity index (χ4n) is 2.41. The minimum atomic E-state index is 0. The van der Waals surface area contributed by atoms with E-state index in [1.165, 1.54) is 0 Å². The van der Waals surface area contributed by atoms with Crippen LogP contribution in [0.1, 0.15) is 12.5 Å². The fourth-order valence-corrected chi connectivity index (χ4v) is 2.41. The van der Waals surface area contributed by atoms with Gasteiger partial charge in [-0.25, -0.2) is 0 Å². The van der Waals surface area contributed by atoms with Crippen LogP contribution in [0, 0.1) is 0 Å². The van der Waals surface area contributed by atoms with E-state index in [-0.39, 0.29) is 43.3 Å². The Morgan fingerprint density at radius 2 is 1.86 bits per heavy atom. The first kappa shape index (κ1) is 20.5. The Balaban J connectivity index is 0.00000133. The van der Waals surface area contributed by atoms with Crippen molar-refractivity contribution in [2.75, 3.05) is 37.6 Å². The van der Waals surface area contributed by atoms with E-state index in [1.807, 2.05) is 0 Å². The Hall–Kier alpha value is -0.460. The summed E-state index contributed by atoms with van der Waals surface area (Å²) in [6, 6.07) is 4.23. The molecule has 0 amide bonds. The van der Waals surface area contributed by atoms with Crippen LogP contribution in [0.3, 0.4) is 0 Å². The van der Waals surface area contributed by atoms with E-state index < -0.39 is 0 Å². The summed E-state index contributed by atoms with van der Waals surface area (Å²) in [4.78, 5) is 6.99. The van der Waals surface area contributed by atoms with Crippen LogP contribution in [0.15, 0.2) is 12.1 Å². The first-order chi connectivity index (χ1) is 8.83. The average Bonchev–Trinajstić information content (AvgIpc) is 2.59. The molecule has 3 rings (SSSR count). The van der Waals surface area contributed by atoms with Gasteiger partial charge in [0.2, 0.25) is 5.88 Å². The molecule has 5 nitrogen and oxygen atoms in total. The summed E-state index contributed by atoms with van der Waals surface area (Å²) in [7, 11) is 0. The third kappa shape index (κ3) is 5.04. The maximum atomic E-state index is 5.87. The average molecular weight is 358 g/mol. The summed E-state index contributed by atoms with van der Waals surface area (Å²) in [5.74, 6) is 1.83. The van der Waals surface area contributed by atoms with Gasteiger partial charge in [0.05, 0.1) is 0 Å². The molecule has 0 bridgehead atoms. The van der Waals surface area contributed by atoms with E-state index in [0.29, 0.717) is 0 Å². The van der Waals surface area contributed by atoms with E-state index in [9.17, 15) is 0 Å². The third-order valence-electron chi connectivity index (χ3n) is 3.43. The minimum Gasteiger partial charge on any atom is -0.473 e. The lowest BCUT2D eigenvalue weighted by Crippen LogP contribution is -2.43. The summed E-state index contributed by atoms with van der Waals surface area (Å²) >= 11 is 0. The normalized spacial score (nSPS) is 20.6. The van der Waals surface area contributed by atoms with Gasteiger partial charge in [-0.05, 0) is 19.1 Å². The van der Waals surface area contributed by atoms with Crippen LogP contribution < -0.4 is 20.3 Å². The molecular formula is C13H23Cl3N4O. The quantitative estimate of drug-likeness (QED) is 0.800.